The number of carbonyl (C=O) groups excluding carboxylic acids is 5. The minimum Gasteiger partial charge on any atom is -0.456 e. The molecule has 180 valence electrons. The van der Waals surface area contributed by atoms with Gasteiger partial charge in [0, 0.05) is 33.3 Å². The van der Waals surface area contributed by atoms with Gasteiger partial charge in [-0.25, -0.2) is 0 Å². The van der Waals surface area contributed by atoms with Crippen LogP contribution in [0.15, 0.2) is 12.1 Å². The van der Waals surface area contributed by atoms with Crippen molar-refractivity contribution in [2.75, 3.05) is 6.79 Å². The number of hydrogen-bond acceptors (Lipinski definition) is 11. The van der Waals surface area contributed by atoms with Crippen LogP contribution in [0.4, 0.5) is 0 Å². The number of nitrogens with one attached hydrogen (secondary N) is 1. The molecule has 1 amide bonds. The van der Waals surface area contributed by atoms with Gasteiger partial charge in [0.2, 0.25) is 12.5 Å². The zero-order valence-corrected chi connectivity index (χ0v) is 18.7. The lowest BCUT2D eigenvalue weighted by atomic mass is 9.79. The first kappa shape index (κ1) is 23.1. The largest absolute Gasteiger partial charge is 0.456 e. The maximum Gasteiger partial charge on any atom is 0.308 e. The quantitative estimate of drug-likeness (QED) is 0.371. The van der Waals surface area contributed by atoms with Gasteiger partial charge in [0.15, 0.2) is 29.8 Å². The van der Waals surface area contributed by atoms with Crippen LogP contribution >= 0.6 is 0 Å². The molecule has 3 aliphatic rings. The second-order valence-electron chi connectivity index (χ2n) is 7.75. The smallest absolute Gasteiger partial charge is 0.308 e. The first-order valence-corrected chi connectivity index (χ1v) is 10.3. The third kappa shape index (κ3) is 4.14. The summed E-state index contributed by atoms with van der Waals surface area (Å²) in [5.74, 6) is -3.27. The molecule has 2 heterocycles. The summed E-state index contributed by atoms with van der Waals surface area (Å²) in [4.78, 5) is 60.4. The highest BCUT2D eigenvalue weighted by atomic mass is 16.7. The Morgan fingerprint density at radius 1 is 0.912 bits per heavy atom. The number of ether oxygens (including phenoxy) is 6. The Labute approximate surface area is 193 Å². The van der Waals surface area contributed by atoms with Crippen LogP contribution in [0.5, 0.6) is 17.2 Å². The maximum absolute atomic E-state index is 13.2. The highest BCUT2D eigenvalue weighted by Gasteiger charge is 2.50. The third-order valence-corrected chi connectivity index (χ3v) is 5.25. The molecule has 0 fully saturated rings. The van der Waals surface area contributed by atoms with Crippen molar-refractivity contribution in [2.24, 2.45) is 0 Å². The Balaban J connectivity index is 1.93. The van der Waals surface area contributed by atoms with E-state index in [1.165, 1.54) is 26.0 Å². The molecular formula is C22H21NO11. The summed E-state index contributed by atoms with van der Waals surface area (Å²) in [5.41, 5.74) is 0.642. The van der Waals surface area contributed by atoms with Crippen molar-refractivity contribution in [1.29, 1.82) is 0 Å². The predicted octanol–water partition coefficient (Wildman–Crippen LogP) is 0.645. The van der Waals surface area contributed by atoms with Crippen molar-refractivity contribution in [3.8, 4) is 17.2 Å². The van der Waals surface area contributed by atoms with Gasteiger partial charge in [-0.3, -0.25) is 24.0 Å². The van der Waals surface area contributed by atoms with Gasteiger partial charge in [-0.15, -0.1) is 0 Å². The molecule has 1 aromatic carbocycles. The van der Waals surface area contributed by atoms with Gasteiger partial charge in [0.25, 0.3) is 5.91 Å². The molecule has 0 unspecified atom stereocenters. The van der Waals surface area contributed by atoms with Gasteiger partial charge in [0.1, 0.15) is 0 Å². The third-order valence-electron chi connectivity index (χ3n) is 5.25. The first-order valence-electron chi connectivity index (χ1n) is 10.3. The number of benzene rings is 1. The molecule has 0 radical (unpaired) electrons. The number of hydrogen-bond donors (Lipinski definition) is 1. The van der Waals surface area contributed by atoms with Gasteiger partial charge in [-0.2, -0.15) is 0 Å². The summed E-state index contributed by atoms with van der Waals surface area (Å²) in [6, 6.07) is 0.537. The van der Waals surface area contributed by atoms with Gasteiger partial charge < -0.3 is 33.7 Å². The highest BCUT2D eigenvalue weighted by molar-refractivity contribution is 6.08. The van der Waals surface area contributed by atoms with Crippen molar-refractivity contribution >= 4 is 35.4 Å². The van der Waals surface area contributed by atoms with E-state index < -0.39 is 54.1 Å². The lowest BCUT2D eigenvalue weighted by molar-refractivity contribution is -0.181. The summed E-state index contributed by atoms with van der Waals surface area (Å²) >= 11 is 0. The van der Waals surface area contributed by atoms with E-state index in [-0.39, 0.29) is 35.2 Å². The van der Waals surface area contributed by atoms with Crippen molar-refractivity contribution in [3.05, 3.63) is 23.3 Å². The van der Waals surface area contributed by atoms with E-state index in [1.807, 2.05) is 0 Å². The van der Waals surface area contributed by atoms with Crippen molar-refractivity contribution in [3.63, 3.8) is 0 Å². The summed E-state index contributed by atoms with van der Waals surface area (Å²) in [7, 11) is 0. The fraction of sp³-hybridized carbons (Fsp3) is 0.409. The fourth-order valence-corrected chi connectivity index (χ4v) is 4.21. The molecule has 1 aromatic rings. The Bertz CT molecular complexity index is 1140. The zero-order chi connectivity index (χ0) is 24.7. The van der Waals surface area contributed by atoms with E-state index in [9.17, 15) is 24.0 Å². The standard InChI is InChI=1S/C22H21NO11/c1-8(24)31-15-6-13-12-5-14-18(30-7-29-14)20(33-10(3)26)16(12)22(28)23-17(13)21(34-11(4)27)19(15)32-9(2)25/h5-6,15,17,19,21H,7H2,1-4H3,(H,23,28)/t15-,17+,19+,21-/m0/s1. The van der Waals surface area contributed by atoms with Gasteiger partial charge >= 0.3 is 23.9 Å². The van der Waals surface area contributed by atoms with Crippen LogP contribution < -0.4 is 19.5 Å². The Morgan fingerprint density at radius 3 is 2.18 bits per heavy atom. The lowest BCUT2D eigenvalue weighted by Crippen LogP contribution is -2.60. The lowest BCUT2D eigenvalue weighted by Gasteiger charge is -2.42. The number of fused-ring (bicyclic) bond motifs is 4. The van der Waals surface area contributed by atoms with E-state index in [0.29, 0.717) is 5.57 Å². The fourth-order valence-electron chi connectivity index (χ4n) is 4.21. The Kier molecular flexibility index (Phi) is 5.90. The summed E-state index contributed by atoms with van der Waals surface area (Å²) in [6.45, 7) is 4.48. The molecule has 0 spiro atoms. The molecule has 4 rings (SSSR count). The Hall–Kier alpha value is -4.09. The average molecular weight is 475 g/mol. The molecule has 34 heavy (non-hydrogen) atoms. The molecule has 0 aromatic heterocycles. The molecule has 2 aliphatic heterocycles. The van der Waals surface area contributed by atoms with Crippen LogP contribution in [0.1, 0.15) is 43.6 Å². The molecule has 4 atom stereocenters. The van der Waals surface area contributed by atoms with Crippen LogP contribution in [0.25, 0.3) is 5.57 Å². The molecule has 1 N–H and O–H groups in total. The van der Waals surface area contributed by atoms with Gasteiger partial charge in [-0.1, -0.05) is 0 Å². The SMILES string of the molecule is CC(=O)Oc1c2c(cc3c1C(=O)N[C@@H]1C3=C[C@H](OC(C)=O)[C@@H](OC(C)=O)[C@H]1OC(C)=O)OCO2. The first-order chi connectivity index (χ1) is 16.1. The zero-order valence-electron chi connectivity index (χ0n) is 18.7. The predicted molar refractivity (Wildman–Crippen MR) is 110 cm³/mol. The molecule has 0 saturated carbocycles. The number of esters is 4. The van der Waals surface area contributed by atoms with Gasteiger partial charge in [-0.05, 0) is 17.7 Å². The van der Waals surface area contributed by atoms with Crippen LogP contribution in [-0.2, 0) is 33.4 Å². The molecule has 12 heteroatoms. The minimum atomic E-state index is -1.23. The molecule has 1 aliphatic carbocycles. The van der Waals surface area contributed by atoms with Crippen LogP contribution in [0, 0.1) is 0 Å². The summed E-state index contributed by atoms with van der Waals surface area (Å²) in [5, 5.41) is 2.71. The monoisotopic (exact) mass is 475 g/mol. The second-order valence-corrected chi connectivity index (χ2v) is 7.75. The number of rotatable bonds is 4. The normalized spacial score (nSPS) is 24.0. The molecule has 0 saturated heterocycles. The van der Waals surface area contributed by atoms with Crippen molar-refractivity contribution in [2.45, 2.75) is 52.0 Å². The topological polar surface area (TPSA) is 153 Å². The Morgan fingerprint density at radius 2 is 1.56 bits per heavy atom. The van der Waals surface area contributed by atoms with Crippen LogP contribution in [0.2, 0.25) is 0 Å². The summed E-state index contributed by atoms with van der Waals surface area (Å²) in [6.07, 6.45) is -2.13. The van der Waals surface area contributed by atoms with E-state index >= 15 is 0 Å². The highest BCUT2D eigenvalue weighted by Crippen LogP contribution is 2.49. The van der Waals surface area contributed by atoms with E-state index in [1.54, 1.807) is 0 Å². The number of amides is 1. The molecule has 12 nitrogen and oxygen atoms in total. The average Bonchev–Trinajstić information content (AvgIpc) is 3.18. The van der Waals surface area contributed by atoms with Crippen LogP contribution in [-0.4, -0.2) is 60.9 Å². The second kappa shape index (κ2) is 8.69. The van der Waals surface area contributed by atoms with Crippen molar-refractivity contribution < 1.29 is 52.4 Å². The van der Waals surface area contributed by atoms with E-state index in [2.05, 4.69) is 5.32 Å². The van der Waals surface area contributed by atoms with E-state index in [4.69, 9.17) is 28.4 Å². The number of carbonyl (C=O) groups is 5. The molecular weight excluding hydrogens is 454 g/mol. The van der Waals surface area contributed by atoms with E-state index in [0.717, 1.165) is 13.8 Å². The van der Waals surface area contributed by atoms with Crippen molar-refractivity contribution in [1.82, 2.24) is 5.32 Å². The minimum absolute atomic E-state index is 0.0176. The van der Waals surface area contributed by atoms with Gasteiger partial charge in [0.05, 0.1) is 11.6 Å². The maximum atomic E-state index is 13.2. The van der Waals surface area contributed by atoms with Crippen LogP contribution in [0.3, 0.4) is 0 Å². The summed E-state index contributed by atoms with van der Waals surface area (Å²) < 4.78 is 32.3. The molecule has 0 bridgehead atoms.